The number of rotatable bonds is 20. The summed E-state index contributed by atoms with van der Waals surface area (Å²) in [6.07, 6.45) is -0.847. The van der Waals surface area contributed by atoms with Crippen molar-refractivity contribution in [2.45, 2.75) is 119 Å². The van der Waals surface area contributed by atoms with Gasteiger partial charge in [0.25, 0.3) is 0 Å². The molecule has 1 aliphatic heterocycles. The Labute approximate surface area is 564 Å². The molecule has 1 saturated heterocycles. The second kappa shape index (κ2) is 36.1. The van der Waals surface area contributed by atoms with E-state index in [-0.39, 0.29) is 65.9 Å². The van der Waals surface area contributed by atoms with E-state index in [1.807, 2.05) is 127 Å². The quantitative estimate of drug-likeness (QED) is 0.0332. The number of anilines is 3. The van der Waals surface area contributed by atoms with Gasteiger partial charge in [-0.05, 0) is 137 Å². The standard InChI is InChI=1S/C21H23FN2O.C20H21FN2O2.C14H22BNO2.C14H13F4NO4S.4CH4/c1-4-18(14-22)25-19-11-7-16-8-12-20(23-21(16)13-19)15-5-9-17(10-6-15)24(2)3;1-23(2)16-7-3-14(4-8-16)19-10-6-15-5-9-17(11-20(15)22-19)25-18(12-21)13-24;1-13(2)14(3,4)18-15(17-13)11-7-9-12(10-8-11)16(5)6;1-2-10(8-15)22-11-5-3-9-4-6-13(19-12(9)7-11)23-24(20,21)14(16,17)18;;;;/h5-13,18H,4,14H2,1-3H3;3-11,18,24H,12-13H2,1-2H3;7-10H,1-6H3;3-7,10H,2,8H2,1H3;4*1H4. The van der Waals surface area contributed by atoms with Gasteiger partial charge in [-0.2, -0.15) is 21.6 Å². The minimum Gasteiger partial charge on any atom is -0.488 e. The van der Waals surface area contributed by atoms with Crippen molar-refractivity contribution >= 4 is 72.5 Å². The molecule has 0 radical (unpaired) electrons. The summed E-state index contributed by atoms with van der Waals surface area (Å²) in [5.74, 6) is 0.686. The minimum atomic E-state index is -5.80. The maximum absolute atomic E-state index is 12.9. The first-order valence-corrected chi connectivity index (χ1v) is 31.2. The maximum Gasteiger partial charge on any atom is 0.534 e. The Morgan fingerprint density at radius 1 is 0.490 bits per heavy atom. The molecule has 15 nitrogen and oxygen atoms in total. The zero-order chi connectivity index (χ0) is 67.1. The van der Waals surface area contributed by atoms with E-state index < -0.39 is 59.8 Å². The van der Waals surface area contributed by atoms with Crippen LogP contribution >= 0.6 is 0 Å². The Morgan fingerprint density at radius 3 is 1.14 bits per heavy atom. The summed E-state index contributed by atoms with van der Waals surface area (Å²) >= 11 is 0. The van der Waals surface area contributed by atoms with E-state index in [4.69, 9.17) is 33.6 Å². The largest absolute Gasteiger partial charge is 0.534 e. The van der Waals surface area contributed by atoms with Crippen LogP contribution in [0.2, 0.25) is 0 Å². The van der Waals surface area contributed by atoms with Gasteiger partial charge in [0.1, 0.15) is 55.6 Å². The fourth-order valence-corrected chi connectivity index (χ4v) is 9.34. The van der Waals surface area contributed by atoms with Crippen molar-refractivity contribution < 1.29 is 67.6 Å². The van der Waals surface area contributed by atoms with Gasteiger partial charge in [-0.3, -0.25) is 0 Å². The van der Waals surface area contributed by atoms with Crippen LogP contribution in [0.1, 0.15) is 84.1 Å². The molecule has 1 fully saturated rings. The molecule has 0 saturated carbocycles. The van der Waals surface area contributed by atoms with E-state index in [0.717, 1.165) is 67.2 Å². The Balaban J connectivity index is 0.000000331. The molecule has 23 heteroatoms. The highest BCUT2D eigenvalue weighted by molar-refractivity contribution is 7.88. The normalized spacial score (nSPS) is 13.7. The van der Waals surface area contributed by atoms with E-state index in [2.05, 4.69) is 100 Å². The van der Waals surface area contributed by atoms with Crippen LogP contribution in [0.3, 0.4) is 0 Å². The zero-order valence-corrected chi connectivity index (χ0v) is 54.5. The monoisotopic (exact) mass is 1360 g/mol. The average molecular weight is 1360 g/mol. The Hall–Kier alpha value is -8.38. The van der Waals surface area contributed by atoms with Crippen molar-refractivity contribution in [1.29, 1.82) is 0 Å². The summed E-state index contributed by atoms with van der Waals surface area (Å²) in [6.45, 7) is 9.65. The van der Waals surface area contributed by atoms with Crippen molar-refractivity contribution in [3.8, 4) is 45.6 Å². The predicted octanol–water partition coefficient (Wildman–Crippen LogP) is 17.0. The third kappa shape index (κ3) is 21.6. The fourth-order valence-electron chi connectivity index (χ4n) is 8.93. The minimum absolute atomic E-state index is 0. The average Bonchev–Trinajstić information content (AvgIpc) is 1.56. The van der Waals surface area contributed by atoms with Crippen LogP contribution in [-0.2, 0) is 19.4 Å². The number of fused-ring (bicyclic) bond motifs is 3. The van der Waals surface area contributed by atoms with E-state index >= 15 is 0 Å². The molecule has 1 N–H and O–H groups in total. The Bertz CT molecular complexity index is 3790. The van der Waals surface area contributed by atoms with Gasteiger partial charge in [0.15, 0.2) is 0 Å². The molecule has 0 amide bonds. The molecule has 0 spiro atoms. The first kappa shape index (κ1) is 81.9. The smallest absolute Gasteiger partial charge is 0.488 e. The van der Waals surface area contributed by atoms with Crippen LogP contribution in [0.25, 0.3) is 55.2 Å². The van der Waals surface area contributed by atoms with Gasteiger partial charge in [-0.25, -0.2) is 28.1 Å². The number of alkyl halides is 6. The van der Waals surface area contributed by atoms with Gasteiger partial charge >= 0.3 is 22.7 Å². The van der Waals surface area contributed by atoms with E-state index in [0.29, 0.717) is 29.7 Å². The van der Waals surface area contributed by atoms with Crippen LogP contribution in [-0.4, -0.2) is 140 Å². The van der Waals surface area contributed by atoms with Gasteiger partial charge < -0.3 is 47.5 Å². The third-order valence-corrected chi connectivity index (χ3v) is 16.2. The molecule has 1 aliphatic rings. The number of benzene rings is 6. The highest BCUT2D eigenvalue weighted by atomic mass is 32.2. The number of hydrogen-bond acceptors (Lipinski definition) is 15. The second-order valence-corrected chi connectivity index (χ2v) is 24.8. The number of aliphatic hydroxyl groups is 1. The van der Waals surface area contributed by atoms with E-state index in [9.17, 15) is 34.8 Å². The Morgan fingerprint density at radius 2 is 0.812 bits per heavy atom. The van der Waals surface area contributed by atoms with Crippen molar-refractivity contribution in [1.82, 2.24) is 15.0 Å². The number of pyridine rings is 3. The summed E-state index contributed by atoms with van der Waals surface area (Å²) in [5, 5.41) is 11.6. The van der Waals surface area contributed by atoms with Gasteiger partial charge in [-0.15, -0.1) is 0 Å². The number of aromatic nitrogens is 3. The van der Waals surface area contributed by atoms with Crippen LogP contribution < -0.4 is 38.6 Å². The molecule has 3 atom stereocenters. The number of hydrogen-bond donors (Lipinski definition) is 1. The van der Waals surface area contributed by atoms with Crippen molar-refractivity contribution in [2.24, 2.45) is 0 Å². The van der Waals surface area contributed by atoms with E-state index in [1.165, 1.54) is 17.8 Å². The summed E-state index contributed by atoms with van der Waals surface area (Å²) in [4.78, 5) is 19.3. The third-order valence-electron chi connectivity index (χ3n) is 15.3. The highest BCUT2D eigenvalue weighted by Gasteiger charge is 2.52. The lowest BCUT2D eigenvalue weighted by atomic mass is 9.79. The van der Waals surface area contributed by atoms with Gasteiger partial charge in [0, 0.05) is 111 Å². The predicted molar refractivity (Wildman–Crippen MR) is 383 cm³/mol. The highest BCUT2D eigenvalue weighted by Crippen LogP contribution is 2.37. The van der Waals surface area contributed by atoms with Crippen molar-refractivity contribution in [2.75, 3.05) is 83.6 Å². The molecular formula is C73H95BF6N6O9S. The molecule has 4 heterocycles. The molecule has 3 unspecified atom stereocenters. The molecule has 0 bridgehead atoms. The fraction of sp³-hybridized carbons (Fsp3) is 0.384. The van der Waals surface area contributed by atoms with Crippen molar-refractivity contribution in [3.05, 3.63) is 164 Å². The van der Waals surface area contributed by atoms with Crippen LogP contribution in [0.4, 0.5) is 43.4 Å². The number of aliphatic hydroxyl groups excluding tert-OH is 1. The SMILES string of the molecule is C.C.C.C.CCC(CF)Oc1ccc2ccc(-c3ccc(N(C)C)cc3)nc2c1.CCC(CF)Oc1ccc2ccc(OS(=O)(=O)C(F)(F)F)nc2c1.CN(C)c1ccc(-c2ccc3ccc(OC(CO)CF)cc3n2)cc1.CN(C)c1ccc(B2OC(C)(C)C(C)(C)O2)cc1. The summed E-state index contributed by atoms with van der Waals surface area (Å²) < 4.78 is 130. The van der Waals surface area contributed by atoms with Gasteiger partial charge in [0.2, 0.25) is 5.88 Å². The Kier molecular flexibility index (Phi) is 30.8. The van der Waals surface area contributed by atoms with Crippen LogP contribution in [0.5, 0.6) is 23.1 Å². The van der Waals surface area contributed by atoms with Gasteiger partial charge in [-0.1, -0.05) is 92.1 Å². The molecule has 3 aromatic heterocycles. The lowest BCUT2D eigenvalue weighted by Gasteiger charge is -2.32. The van der Waals surface area contributed by atoms with E-state index in [1.54, 1.807) is 31.2 Å². The molecular weight excluding hydrogens is 1260 g/mol. The lowest BCUT2D eigenvalue weighted by Crippen LogP contribution is -2.41. The van der Waals surface area contributed by atoms with Crippen molar-refractivity contribution in [3.63, 3.8) is 0 Å². The summed E-state index contributed by atoms with van der Waals surface area (Å²) in [6, 6.07) is 50.7. The molecule has 96 heavy (non-hydrogen) atoms. The molecule has 0 aliphatic carbocycles. The zero-order valence-electron chi connectivity index (χ0n) is 53.7. The number of halogens is 6. The summed E-state index contributed by atoms with van der Waals surface area (Å²) in [7, 11) is 6.03. The van der Waals surface area contributed by atoms with Gasteiger partial charge in [0.05, 0.1) is 45.7 Å². The number of ether oxygens (including phenoxy) is 3. The lowest BCUT2D eigenvalue weighted by molar-refractivity contribution is -0.0501. The second-order valence-electron chi connectivity index (χ2n) is 23.2. The number of nitrogens with zero attached hydrogens (tertiary/aromatic N) is 6. The summed E-state index contributed by atoms with van der Waals surface area (Å²) in [5.41, 5.74) is 4.03. The molecule has 6 aromatic carbocycles. The molecule has 10 rings (SSSR count). The first-order chi connectivity index (χ1) is 43.6. The first-order valence-electron chi connectivity index (χ1n) is 29.8. The molecule has 9 aromatic rings. The topological polar surface area (TPSA) is 158 Å². The van der Waals surface area contributed by atoms with Crippen LogP contribution in [0.15, 0.2) is 164 Å². The van der Waals surface area contributed by atoms with Crippen LogP contribution in [0, 0.1) is 0 Å². The molecule has 522 valence electrons. The maximum atomic E-state index is 12.9.